The van der Waals surface area contributed by atoms with E-state index in [2.05, 4.69) is 66.3 Å². The summed E-state index contributed by atoms with van der Waals surface area (Å²) in [5.74, 6) is 0. The molecule has 1 unspecified atom stereocenters. The molecular formula is C13H20BrN. The van der Waals surface area contributed by atoms with Gasteiger partial charge in [0.25, 0.3) is 0 Å². The average molecular weight is 270 g/mol. The number of halogens is 1. The predicted molar refractivity (Wildman–Crippen MR) is 70.1 cm³/mol. The van der Waals surface area contributed by atoms with E-state index in [0.29, 0.717) is 12.1 Å². The molecule has 1 nitrogen and oxygen atoms in total. The topological polar surface area (TPSA) is 12.0 Å². The quantitative estimate of drug-likeness (QED) is 0.841. The molecule has 1 aromatic rings. The van der Waals surface area contributed by atoms with Gasteiger partial charge in [-0.05, 0) is 37.5 Å². The van der Waals surface area contributed by atoms with Crippen molar-refractivity contribution >= 4 is 15.9 Å². The fourth-order valence-electron chi connectivity index (χ4n) is 1.73. The molecule has 1 aromatic carbocycles. The molecule has 0 fully saturated rings. The smallest absolute Gasteiger partial charge is 0.0294 e. The molecular weight excluding hydrogens is 250 g/mol. The van der Waals surface area contributed by atoms with Crippen molar-refractivity contribution in [1.82, 2.24) is 5.32 Å². The monoisotopic (exact) mass is 269 g/mol. The molecule has 0 aliphatic carbocycles. The van der Waals surface area contributed by atoms with Gasteiger partial charge in [-0.2, -0.15) is 0 Å². The SMILES string of the molecule is CCC(CC)NC(C)c1ccc(Br)cc1. The van der Waals surface area contributed by atoms with Crippen molar-refractivity contribution in [3.63, 3.8) is 0 Å². The Balaban J connectivity index is 2.60. The van der Waals surface area contributed by atoms with E-state index in [0.717, 1.165) is 4.47 Å². The predicted octanol–water partition coefficient (Wildman–Crippen LogP) is 4.29. The third kappa shape index (κ3) is 3.96. The minimum atomic E-state index is 0.433. The average Bonchev–Trinajstić information content (AvgIpc) is 2.26. The maximum absolute atomic E-state index is 3.64. The highest BCUT2D eigenvalue weighted by Crippen LogP contribution is 2.17. The Morgan fingerprint density at radius 1 is 1.13 bits per heavy atom. The van der Waals surface area contributed by atoms with Crippen LogP contribution in [0.2, 0.25) is 0 Å². The molecule has 1 atom stereocenters. The van der Waals surface area contributed by atoms with Crippen LogP contribution < -0.4 is 5.32 Å². The summed E-state index contributed by atoms with van der Waals surface area (Å²) in [6.45, 7) is 6.69. The van der Waals surface area contributed by atoms with E-state index in [1.807, 2.05) is 0 Å². The molecule has 0 saturated carbocycles. The Bertz CT molecular complexity index is 277. The fourth-order valence-corrected chi connectivity index (χ4v) is 1.99. The first-order valence-electron chi connectivity index (χ1n) is 5.68. The number of nitrogens with one attached hydrogen (secondary N) is 1. The third-order valence-corrected chi connectivity index (χ3v) is 3.37. The van der Waals surface area contributed by atoms with Crippen LogP contribution in [0.3, 0.4) is 0 Å². The van der Waals surface area contributed by atoms with Gasteiger partial charge < -0.3 is 5.32 Å². The van der Waals surface area contributed by atoms with Gasteiger partial charge in [0.15, 0.2) is 0 Å². The van der Waals surface area contributed by atoms with Gasteiger partial charge in [-0.3, -0.25) is 0 Å². The summed E-state index contributed by atoms with van der Waals surface area (Å²) in [6.07, 6.45) is 2.38. The van der Waals surface area contributed by atoms with Crippen molar-refractivity contribution in [2.45, 2.75) is 45.7 Å². The zero-order valence-corrected chi connectivity index (χ0v) is 11.3. The van der Waals surface area contributed by atoms with Crippen LogP contribution in [0.4, 0.5) is 0 Å². The highest BCUT2D eigenvalue weighted by Gasteiger charge is 2.09. The van der Waals surface area contributed by atoms with E-state index in [9.17, 15) is 0 Å². The molecule has 0 saturated heterocycles. The van der Waals surface area contributed by atoms with Crippen molar-refractivity contribution in [1.29, 1.82) is 0 Å². The molecule has 0 heterocycles. The van der Waals surface area contributed by atoms with Crippen LogP contribution in [0.15, 0.2) is 28.7 Å². The second-order valence-corrected chi connectivity index (χ2v) is 4.87. The standard InChI is InChI=1S/C13H20BrN/c1-4-13(5-2)15-10(3)11-6-8-12(14)9-7-11/h6-10,13,15H,4-5H2,1-3H3. The zero-order chi connectivity index (χ0) is 11.3. The fraction of sp³-hybridized carbons (Fsp3) is 0.538. The molecule has 0 aromatic heterocycles. The summed E-state index contributed by atoms with van der Waals surface area (Å²) in [7, 11) is 0. The Kier molecular flexibility index (Phi) is 5.34. The lowest BCUT2D eigenvalue weighted by atomic mass is 10.1. The van der Waals surface area contributed by atoms with Gasteiger partial charge in [0.1, 0.15) is 0 Å². The highest BCUT2D eigenvalue weighted by atomic mass is 79.9. The highest BCUT2D eigenvalue weighted by molar-refractivity contribution is 9.10. The largest absolute Gasteiger partial charge is 0.307 e. The molecule has 0 spiro atoms. The molecule has 15 heavy (non-hydrogen) atoms. The zero-order valence-electron chi connectivity index (χ0n) is 9.76. The lowest BCUT2D eigenvalue weighted by molar-refractivity contribution is 0.432. The first-order chi connectivity index (χ1) is 7.17. The molecule has 0 radical (unpaired) electrons. The first-order valence-corrected chi connectivity index (χ1v) is 6.48. The van der Waals surface area contributed by atoms with Crippen LogP contribution in [-0.2, 0) is 0 Å². The summed E-state index contributed by atoms with van der Waals surface area (Å²) >= 11 is 3.45. The van der Waals surface area contributed by atoms with Crippen LogP contribution in [0.25, 0.3) is 0 Å². The van der Waals surface area contributed by atoms with Crippen molar-refractivity contribution in [2.75, 3.05) is 0 Å². The Labute approximate surface area is 101 Å². The van der Waals surface area contributed by atoms with Crippen molar-refractivity contribution in [3.8, 4) is 0 Å². The van der Waals surface area contributed by atoms with E-state index >= 15 is 0 Å². The van der Waals surface area contributed by atoms with Crippen LogP contribution in [0.5, 0.6) is 0 Å². The minimum absolute atomic E-state index is 0.433. The van der Waals surface area contributed by atoms with E-state index < -0.39 is 0 Å². The van der Waals surface area contributed by atoms with E-state index in [4.69, 9.17) is 0 Å². The van der Waals surface area contributed by atoms with Gasteiger partial charge in [-0.15, -0.1) is 0 Å². The molecule has 84 valence electrons. The molecule has 0 aliphatic rings. The maximum atomic E-state index is 3.64. The Morgan fingerprint density at radius 2 is 1.67 bits per heavy atom. The summed E-state index contributed by atoms with van der Waals surface area (Å²) in [6, 6.07) is 9.60. The van der Waals surface area contributed by atoms with E-state index in [1.165, 1.54) is 18.4 Å². The summed E-state index contributed by atoms with van der Waals surface area (Å²) < 4.78 is 1.14. The summed E-state index contributed by atoms with van der Waals surface area (Å²) in [5, 5.41) is 3.64. The lowest BCUT2D eigenvalue weighted by Gasteiger charge is -2.21. The van der Waals surface area contributed by atoms with Gasteiger partial charge in [0, 0.05) is 16.6 Å². The Hall–Kier alpha value is -0.340. The van der Waals surface area contributed by atoms with Crippen molar-refractivity contribution in [3.05, 3.63) is 34.3 Å². The molecule has 0 aliphatic heterocycles. The summed E-state index contributed by atoms with van der Waals surface area (Å²) in [5.41, 5.74) is 1.35. The number of rotatable bonds is 5. The van der Waals surface area contributed by atoms with Crippen LogP contribution in [0, 0.1) is 0 Å². The van der Waals surface area contributed by atoms with Gasteiger partial charge in [0.2, 0.25) is 0 Å². The molecule has 1 rings (SSSR count). The third-order valence-electron chi connectivity index (χ3n) is 2.84. The maximum Gasteiger partial charge on any atom is 0.0294 e. The normalized spacial score (nSPS) is 13.1. The number of benzene rings is 1. The van der Waals surface area contributed by atoms with Gasteiger partial charge >= 0.3 is 0 Å². The van der Waals surface area contributed by atoms with Crippen molar-refractivity contribution in [2.24, 2.45) is 0 Å². The number of hydrogen-bond donors (Lipinski definition) is 1. The summed E-state index contributed by atoms with van der Waals surface area (Å²) in [4.78, 5) is 0. The number of hydrogen-bond acceptors (Lipinski definition) is 1. The second kappa shape index (κ2) is 6.29. The molecule has 1 N–H and O–H groups in total. The van der Waals surface area contributed by atoms with Crippen LogP contribution in [0.1, 0.15) is 45.2 Å². The van der Waals surface area contributed by atoms with E-state index in [1.54, 1.807) is 0 Å². The van der Waals surface area contributed by atoms with Crippen molar-refractivity contribution < 1.29 is 0 Å². The van der Waals surface area contributed by atoms with E-state index in [-0.39, 0.29) is 0 Å². The molecule has 0 amide bonds. The van der Waals surface area contributed by atoms with Crippen LogP contribution in [-0.4, -0.2) is 6.04 Å². The van der Waals surface area contributed by atoms with Crippen LogP contribution >= 0.6 is 15.9 Å². The Morgan fingerprint density at radius 3 is 2.13 bits per heavy atom. The first kappa shape index (κ1) is 12.7. The lowest BCUT2D eigenvalue weighted by Crippen LogP contribution is -2.30. The molecule has 0 bridgehead atoms. The van der Waals surface area contributed by atoms with Gasteiger partial charge in [0.05, 0.1) is 0 Å². The minimum Gasteiger partial charge on any atom is -0.307 e. The molecule has 2 heteroatoms. The van der Waals surface area contributed by atoms with Gasteiger partial charge in [-0.1, -0.05) is 41.9 Å². The second-order valence-electron chi connectivity index (χ2n) is 3.95. The van der Waals surface area contributed by atoms with Gasteiger partial charge in [-0.25, -0.2) is 0 Å².